The Labute approximate surface area is 483 Å². The second-order valence-electron chi connectivity index (χ2n) is 19.6. The maximum Gasteiger partial charge on any atom is 0.329 e. The average Bonchev–Trinajstić information content (AvgIpc) is 4.42. The van der Waals surface area contributed by atoms with Crippen LogP contribution in [0.25, 0.3) is 0 Å². The van der Waals surface area contributed by atoms with Gasteiger partial charge in [-0.1, -0.05) is 62.8 Å². The predicted molar refractivity (Wildman–Crippen MR) is 304 cm³/mol. The molecule has 2 saturated heterocycles. The van der Waals surface area contributed by atoms with Crippen molar-refractivity contribution in [3.63, 3.8) is 0 Å². The van der Waals surface area contributed by atoms with Crippen molar-refractivity contribution in [2.45, 2.75) is 140 Å². The number of urea groups is 1. The minimum atomic E-state index is -1.69. The van der Waals surface area contributed by atoms with E-state index in [4.69, 9.17) is 21.9 Å². The van der Waals surface area contributed by atoms with Gasteiger partial charge >= 0.3 is 23.9 Å². The summed E-state index contributed by atoms with van der Waals surface area (Å²) < 4.78 is 5.86. The highest BCUT2D eigenvalue weighted by Gasteiger charge is 2.42. The number of nitrogens with two attached hydrogens (primary N) is 3. The number of ether oxygens (including phenoxy) is 1. The second-order valence-corrected chi connectivity index (χ2v) is 21.4. The Hall–Kier alpha value is -7.63. The smallest absolute Gasteiger partial charge is 0.329 e. The van der Waals surface area contributed by atoms with E-state index in [1.165, 1.54) is 52.9 Å². The van der Waals surface area contributed by atoms with Gasteiger partial charge in [0.1, 0.15) is 52.4 Å². The number of hydrogen-bond donors (Lipinski definition) is 12. The molecule has 82 heavy (non-hydrogen) atoms. The molecular formula is C53H77N13O14S2. The molecule has 29 heteroatoms. The first-order chi connectivity index (χ1) is 39.1. The summed E-state index contributed by atoms with van der Waals surface area (Å²) in [6.07, 6.45) is 5.13. The van der Waals surface area contributed by atoms with Crippen LogP contribution >= 0.6 is 23.1 Å². The van der Waals surface area contributed by atoms with Crippen LogP contribution in [0.1, 0.15) is 113 Å². The summed E-state index contributed by atoms with van der Waals surface area (Å²) in [5.41, 5.74) is 17.1. The molecule has 0 radical (unpaired) electrons. The number of aliphatic carboxylic acids is 2. The number of aliphatic imine (C=N–C) groups is 1. The van der Waals surface area contributed by atoms with Crippen molar-refractivity contribution in [3.05, 3.63) is 75.5 Å². The lowest BCUT2D eigenvalue weighted by Crippen LogP contribution is -2.54. The van der Waals surface area contributed by atoms with Gasteiger partial charge < -0.3 is 79.0 Å². The fraction of sp³-hybridized carbons (Fsp3) is 0.547. The SMILES string of the molecule is CC=C(NC(=O)N[C@@H](Cc1ccccc1)C(=O)O)C(=O)N[C@@H](CO)C(=O)NC(=CC)C(=O)N[C@@H](CCCN=C(N)N)C(=O)N1CCC[C@H]1c1nc(C(=O)N[C@@H](CCSC)C(=O)O[C@@H](CC(=O)O)[C@@H]2CCCN2C(=O)[C@@H](N)[C@@H](C)CC)cs1. The molecule has 15 N–H and O–H groups in total. The minimum Gasteiger partial charge on any atom is -0.481 e. The van der Waals surface area contributed by atoms with E-state index in [0.29, 0.717) is 55.0 Å². The summed E-state index contributed by atoms with van der Waals surface area (Å²) in [5.74, 6) is -8.10. The van der Waals surface area contributed by atoms with Crippen molar-refractivity contribution in [1.82, 2.24) is 46.7 Å². The molecule has 1 aromatic carbocycles. The fourth-order valence-corrected chi connectivity index (χ4v) is 10.5. The summed E-state index contributed by atoms with van der Waals surface area (Å²) >= 11 is 2.49. The summed E-state index contributed by atoms with van der Waals surface area (Å²) in [5, 5.41) is 46.1. The normalized spacial score (nSPS) is 17.8. The lowest BCUT2D eigenvalue weighted by molar-refractivity contribution is -0.161. The number of thioether (sulfide) groups is 1. The lowest BCUT2D eigenvalue weighted by Gasteiger charge is -2.34. The number of aromatic nitrogens is 1. The molecule has 0 spiro atoms. The third kappa shape index (κ3) is 19.8. The van der Waals surface area contributed by atoms with E-state index in [-0.39, 0.29) is 67.9 Å². The summed E-state index contributed by atoms with van der Waals surface area (Å²) in [6, 6.07) is -0.321. The van der Waals surface area contributed by atoms with E-state index in [9.17, 15) is 63.3 Å². The van der Waals surface area contributed by atoms with E-state index in [1.807, 2.05) is 13.8 Å². The highest BCUT2D eigenvalue weighted by atomic mass is 32.2. The van der Waals surface area contributed by atoms with Crippen molar-refractivity contribution in [3.8, 4) is 0 Å². The lowest BCUT2D eigenvalue weighted by atomic mass is 9.97. The van der Waals surface area contributed by atoms with Crippen molar-refractivity contribution >= 4 is 88.4 Å². The van der Waals surface area contributed by atoms with Crippen LogP contribution in [0.15, 0.2) is 64.3 Å². The molecule has 450 valence electrons. The number of amides is 8. The number of carboxylic acids is 2. The highest BCUT2D eigenvalue weighted by molar-refractivity contribution is 7.98. The Morgan fingerprint density at radius 3 is 2.11 bits per heavy atom. The number of guanidine groups is 1. The van der Waals surface area contributed by atoms with Gasteiger partial charge in [-0.25, -0.2) is 19.4 Å². The number of carbonyl (C=O) groups excluding carboxylic acids is 8. The molecule has 8 amide bonds. The summed E-state index contributed by atoms with van der Waals surface area (Å²) in [6.45, 7) is 6.19. The van der Waals surface area contributed by atoms with Gasteiger partial charge in [0.25, 0.3) is 17.7 Å². The minimum absolute atomic E-state index is 0.00404. The van der Waals surface area contributed by atoms with Crippen LogP contribution in [0.3, 0.4) is 0 Å². The Morgan fingerprint density at radius 2 is 1.50 bits per heavy atom. The number of carbonyl (C=O) groups is 10. The molecule has 0 bridgehead atoms. The van der Waals surface area contributed by atoms with Crippen LogP contribution in [-0.2, 0) is 49.5 Å². The Balaban J connectivity index is 1.45. The van der Waals surface area contributed by atoms with Crippen LogP contribution in [0.5, 0.6) is 0 Å². The molecule has 2 aromatic rings. The molecule has 27 nitrogen and oxygen atoms in total. The molecule has 4 rings (SSSR count). The molecule has 3 heterocycles. The Morgan fingerprint density at radius 1 is 0.854 bits per heavy atom. The highest BCUT2D eigenvalue weighted by Crippen LogP contribution is 2.35. The van der Waals surface area contributed by atoms with Crippen LogP contribution in [0, 0.1) is 5.92 Å². The van der Waals surface area contributed by atoms with Gasteiger partial charge in [0.05, 0.1) is 31.2 Å². The zero-order valence-electron chi connectivity index (χ0n) is 46.6. The number of nitrogens with one attached hydrogen (secondary N) is 6. The summed E-state index contributed by atoms with van der Waals surface area (Å²) in [7, 11) is 0. The number of benzene rings is 1. The van der Waals surface area contributed by atoms with Crippen molar-refractivity contribution < 1.29 is 68.0 Å². The van der Waals surface area contributed by atoms with Crippen LogP contribution in [-0.4, -0.2) is 176 Å². The monoisotopic (exact) mass is 1180 g/mol. The topological polar surface area (TPSA) is 423 Å². The second kappa shape index (κ2) is 33.3. The third-order valence-corrected chi connectivity index (χ3v) is 15.4. The Kier molecular flexibility index (Phi) is 27.2. The number of likely N-dealkylation sites (tertiary alicyclic amines) is 2. The van der Waals surface area contributed by atoms with Crippen LogP contribution < -0.4 is 49.1 Å². The van der Waals surface area contributed by atoms with Gasteiger partial charge in [-0.15, -0.1) is 11.3 Å². The molecule has 0 aliphatic carbocycles. The molecule has 2 aliphatic rings. The largest absolute Gasteiger partial charge is 0.481 e. The van der Waals surface area contributed by atoms with Crippen molar-refractivity contribution in [1.29, 1.82) is 0 Å². The van der Waals surface area contributed by atoms with E-state index < -0.39 is 121 Å². The number of thiazole rings is 1. The van der Waals surface area contributed by atoms with E-state index in [1.54, 1.807) is 36.6 Å². The third-order valence-electron chi connectivity index (χ3n) is 13.8. The number of hydrogen-bond acceptors (Lipinski definition) is 17. The van der Waals surface area contributed by atoms with Gasteiger partial charge in [0, 0.05) is 31.4 Å². The van der Waals surface area contributed by atoms with Gasteiger partial charge in [0.15, 0.2) is 5.96 Å². The first-order valence-electron chi connectivity index (χ1n) is 26.9. The molecule has 9 atom stereocenters. The summed E-state index contributed by atoms with van der Waals surface area (Å²) in [4.78, 5) is 145. The fourth-order valence-electron chi connectivity index (χ4n) is 9.08. The maximum absolute atomic E-state index is 14.5. The number of aliphatic hydroxyl groups is 1. The average molecular weight is 1180 g/mol. The zero-order valence-corrected chi connectivity index (χ0v) is 48.2. The first-order valence-corrected chi connectivity index (χ1v) is 29.1. The van der Waals surface area contributed by atoms with Gasteiger partial charge in [-0.2, -0.15) is 11.8 Å². The van der Waals surface area contributed by atoms with Gasteiger partial charge in [0.2, 0.25) is 17.7 Å². The van der Waals surface area contributed by atoms with Gasteiger partial charge in [-0.3, -0.25) is 38.6 Å². The Bertz CT molecular complexity index is 2670. The number of esters is 1. The predicted octanol–water partition coefficient (Wildman–Crippen LogP) is 0.343. The zero-order chi connectivity index (χ0) is 60.6. The number of rotatable bonds is 31. The molecule has 1 aromatic heterocycles. The van der Waals surface area contributed by atoms with E-state index in [2.05, 4.69) is 41.9 Å². The number of allylic oxidation sites excluding steroid dienone is 2. The first kappa shape index (κ1) is 66.9. The van der Waals surface area contributed by atoms with Crippen LogP contribution in [0.2, 0.25) is 0 Å². The number of nitrogens with zero attached hydrogens (tertiary/aromatic N) is 4. The number of carboxylic acid groups (broad SMARTS) is 2. The number of aliphatic hydroxyl groups excluding tert-OH is 1. The molecule has 0 saturated carbocycles. The molecule has 0 unspecified atom stereocenters. The van der Waals surface area contributed by atoms with E-state index in [0.717, 1.165) is 11.3 Å². The molecular weight excluding hydrogens is 1110 g/mol. The van der Waals surface area contributed by atoms with Crippen molar-refractivity contribution in [2.24, 2.45) is 28.1 Å². The van der Waals surface area contributed by atoms with E-state index >= 15 is 0 Å². The van der Waals surface area contributed by atoms with Crippen molar-refractivity contribution in [2.75, 3.05) is 38.2 Å². The van der Waals surface area contributed by atoms with Gasteiger partial charge in [-0.05, 0) is 82.3 Å². The molecule has 2 fully saturated rings. The quantitative estimate of drug-likeness (QED) is 0.0159. The van der Waals surface area contributed by atoms with Crippen LogP contribution in [0.4, 0.5) is 4.79 Å². The standard InChI is InChI=1S/C53H77N13O14S2/c1-6-29(4)42(54)49(75)65-22-13-18-38(65)40(26-41(68)69)80-51(78)34(20-24-81-5)60-46(73)37-28-82-47(62-37)39-19-14-23-66(39)48(74)33(17-12-21-57-52(55)56)59-43(70)31(7-2)58-45(72)36(27-67)61-44(71)32(8-3)63-53(79)64-35(50(76)77)25-30-15-10-9-11-16-30/h7-11,15-16,28-29,33-36,38-40,42,67H,6,12-14,17-27,54H2,1-5H3,(H,58,72)(H,59,70)(H,60,73)(H,61,71)(H,68,69)(H,76,77)(H4,55,56,57)(H2,63,64,79)/t29-,33-,34-,35-,36-,38-,39-,40-,42-/m0/s1. The molecule has 2 aliphatic heterocycles. The maximum atomic E-state index is 14.5.